The minimum Gasteiger partial charge on any atom is -0.439 e. The Morgan fingerprint density at radius 3 is 2.81 bits per heavy atom. The molecule has 0 saturated carbocycles. The molecule has 3 aromatic rings. The predicted molar refractivity (Wildman–Crippen MR) is 76.2 cm³/mol. The fraction of sp³-hybridized carbons (Fsp3) is 0.143. The second-order valence-corrected chi connectivity index (χ2v) is 4.80. The molecule has 106 valence electrons. The number of aromatic nitrogens is 4. The highest BCUT2D eigenvalue weighted by Crippen LogP contribution is 2.23. The van der Waals surface area contributed by atoms with Crippen LogP contribution in [-0.2, 0) is 0 Å². The van der Waals surface area contributed by atoms with Crippen molar-refractivity contribution in [1.29, 1.82) is 0 Å². The zero-order valence-corrected chi connectivity index (χ0v) is 12.1. The van der Waals surface area contributed by atoms with E-state index in [2.05, 4.69) is 15.1 Å². The van der Waals surface area contributed by atoms with Crippen molar-refractivity contribution in [3.8, 4) is 11.5 Å². The average Bonchev–Trinajstić information content (AvgIpc) is 3.05. The number of rotatable bonds is 2. The van der Waals surface area contributed by atoms with Crippen LogP contribution in [0.1, 0.15) is 21.9 Å². The van der Waals surface area contributed by atoms with E-state index < -0.39 is 0 Å². The summed E-state index contributed by atoms with van der Waals surface area (Å²) in [5.41, 5.74) is 1.56. The number of halogens is 1. The van der Waals surface area contributed by atoms with Crippen LogP contribution in [0.5, 0.6) is 0 Å². The molecule has 0 amide bonds. The lowest BCUT2D eigenvalue weighted by Crippen LogP contribution is -2.13. The van der Waals surface area contributed by atoms with Gasteiger partial charge in [0, 0.05) is 19.3 Å². The first-order chi connectivity index (χ1) is 10.1. The summed E-state index contributed by atoms with van der Waals surface area (Å²) < 4.78 is 6.69. The van der Waals surface area contributed by atoms with Gasteiger partial charge < -0.3 is 4.42 Å². The van der Waals surface area contributed by atoms with Gasteiger partial charge in [0.25, 0.3) is 5.91 Å². The second-order valence-electron chi connectivity index (χ2n) is 4.44. The number of hydrogen-bond acceptors (Lipinski definition) is 5. The summed E-state index contributed by atoms with van der Waals surface area (Å²) in [5.74, 6) is 0.753. The lowest BCUT2D eigenvalue weighted by Gasteiger charge is -2.01. The summed E-state index contributed by atoms with van der Waals surface area (Å²) in [6.45, 7) is 3.58. The molecule has 0 aliphatic heterocycles. The first-order valence-electron chi connectivity index (χ1n) is 6.21. The van der Waals surface area contributed by atoms with E-state index >= 15 is 0 Å². The van der Waals surface area contributed by atoms with Gasteiger partial charge in [0.2, 0.25) is 0 Å². The van der Waals surface area contributed by atoms with Gasteiger partial charge in [-0.3, -0.25) is 4.79 Å². The first kappa shape index (κ1) is 13.5. The van der Waals surface area contributed by atoms with Crippen molar-refractivity contribution in [3.05, 3.63) is 52.9 Å². The fourth-order valence-electron chi connectivity index (χ4n) is 2.00. The molecule has 6 nitrogen and oxygen atoms in total. The van der Waals surface area contributed by atoms with Gasteiger partial charge in [0.05, 0.1) is 11.3 Å². The molecule has 0 radical (unpaired) electrons. The van der Waals surface area contributed by atoms with Crippen molar-refractivity contribution in [3.63, 3.8) is 0 Å². The van der Waals surface area contributed by atoms with E-state index in [1.54, 1.807) is 31.3 Å². The predicted octanol–water partition coefficient (Wildman–Crippen LogP) is 2.89. The van der Waals surface area contributed by atoms with Crippen LogP contribution in [0.25, 0.3) is 11.5 Å². The Bertz CT molecular complexity index is 822. The summed E-state index contributed by atoms with van der Waals surface area (Å²) in [5, 5.41) is 4.36. The molecule has 21 heavy (non-hydrogen) atoms. The molecular formula is C14H11ClN4O2. The van der Waals surface area contributed by atoms with Gasteiger partial charge in [-0.05, 0) is 25.1 Å². The number of nitrogens with zero attached hydrogens (tertiary/aromatic N) is 4. The molecule has 0 unspecified atom stereocenters. The van der Waals surface area contributed by atoms with Crippen LogP contribution in [0.3, 0.4) is 0 Å². The number of oxazole rings is 1. The first-order valence-corrected chi connectivity index (χ1v) is 6.59. The van der Waals surface area contributed by atoms with Crippen LogP contribution >= 0.6 is 11.6 Å². The molecule has 0 aliphatic carbocycles. The molecule has 0 bridgehead atoms. The molecule has 0 fully saturated rings. The van der Waals surface area contributed by atoms with Gasteiger partial charge >= 0.3 is 0 Å². The molecule has 0 atom stereocenters. The van der Waals surface area contributed by atoms with Crippen LogP contribution in [0, 0.1) is 13.8 Å². The lowest BCUT2D eigenvalue weighted by atomic mass is 10.3. The average molecular weight is 303 g/mol. The highest BCUT2D eigenvalue weighted by molar-refractivity contribution is 6.32. The fourth-order valence-corrected chi connectivity index (χ4v) is 2.20. The second kappa shape index (κ2) is 5.14. The summed E-state index contributed by atoms with van der Waals surface area (Å²) in [4.78, 5) is 20.4. The SMILES string of the molecule is Cc1nc(C)c(-c2ccn(C(=O)c3cccnc3Cl)n2)o1. The van der Waals surface area contributed by atoms with Crippen molar-refractivity contribution in [2.24, 2.45) is 0 Å². The number of hydrogen-bond donors (Lipinski definition) is 0. The maximum absolute atomic E-state index is 12.3. The van der Waals surface area contributed by atoms with E-state index in [0.29, 0.717) is 22.9 Å². The minimum atomic E-state index is -0.353. The van der Waals surface area contributed by atoms with Gasteiger partial charge in [-0.15, -0.1) is 0 Å². The Morgan fingerprint density at radius 1 is 1.33 bits per heavy atom. The van der Waals surface area contributed by atoms with Gasteiger partial charge in [0.1, 0.15) is 10.8 Å². The normalized spacial score (nSPS) is 10.8. The Labute approximate surface area is 125 Å². The lowest BCUT2D eigenvalue weighted by molar-refractivity contribution is 0.0945. The van der Waals surface area contributed by atoms with Crippen molar-refractivity contribution >= 4 is 17.5 Å². The Hall–Kier alpha value is -2.47. The van der Waals surface area contributed by atoms with Crippen LogP contribution in [0.2, 0.25) is 5.15 Å². The Kier molecular flexibility index (Phi) is 3.31. The highest BCUT2D eigenvalue weighted by atomic mass is 35.5. The molecule has 0 aliphatic rings. The van der Waals surface area contributed by atoms with E-state index in [9.17, 15) is 4.79 Å². The summed E-state index contributed by atoms with van der Waals surface area (Å²) in [6, 6.07) is 4.94. The van der Waals surface area contributed by atoms with Crippen LogP contribution in [-0.4, -0.2) is 25.7 Å². The Morgan fingerprint density at radius 2 is 2.14 bits per heavy atom. The summed E-state index contributed by atoms with van der Waals surface area (Å²) in [6.07, 6.45) is 3.08. The van der Waals surface area contributed by atoms with E-state index in [-0.39, 0.29) is 11.1 Å². The van der Waals surface area contributed by atoms with Gasteiger partial charge in [-0.1, -0.05) is 11.6 Å². The maximum atomic E-state index is 12.3. The minimum absolute atomic E-state index is 0.145. The summed E-state index contributed by atoms with van der Waals surface area (Å²) in [7, 11) is 0. The van der Waals surface area contributed by atoms with E-state index in [1.165, 1.54) is 10.9 Å². The van der Waals surface area contributed by atoms with Crippen LogP contribution in [0.15, 0.2) is 35.0 Å². The maximum Gasteiger partial charge on any atom is 0.281 e. The molecule has 3 aromatic heterocycles. The molecule has 0 N–H and O–H groups in total. The smallest absolute Gasteiger partial charge is 0.281 e. The highest BCUT2D eigenvalue weighted by Gasteiger charge is 2.17. The quantitative estimate of drug-likeness (QED) is 0.680. The molecule has 3 heterocycles. The third-order valence-corrected chi connectivity index (χ3v) is 3.22. The van der Waals surface area contributed by atoms with E-state index in [4.69, 9.17) is 16.0 Å². The number of carbonyl (C=O) groups excluding carboxylic acids is 1. The number of carbonyl (C=O) groups is 1. The molecule has 0 saturated heterocycles. The largest absolute Gasteiger partial charge is 0.439 e. The monoisotopic (exact) mass is 302 g/mol. The Balaban J connectivity index is 1.97. The van der Waals surface area contributed by atoms with Crippen molar-refractivity contribution < 1.29 is 9.21 Å². The van der Waals surface area contributed by atoms with Crippen molar-refractivity contribution in [2.75, 3.05) is 0 Å². The van der Waals surface area contributed by atoms with Crippen LogP contribution in [0.4, 0.5) is 0 Å². The van der Waals surface area contributed by atoms with Gasteiger partial charge in [-0.25, -0.2) is 14.6 Å². The molecular weight excluding hydrogens is 292 g/mol. The van der Waals surface area contributed by atoms with Crippen LogP contribution < -0.4 is 0 Å². The third-order valence-electron chi connectivity index (χ3n) is 2.92. The summed E-state index contributed by atoms with van der Waals surface area (Å²) >= 11 is 5.92. The van der Waals surface area contributed by atoms with Gasteiger partial charge in [-0.2, -0.15) is 5.10 Å². The van der Waals surface area contributed by atoms with Gasteiger partial charge in [0.15, 0.2) is 11.7 Å². The van der Waals surface area contributed by atoms with Crippen molar-refractivity contribution in [1.82, 2.24) is 19.7 Å². The zero-order valence-electron chi connectivity index (χ0n) is 11.4. The number of pyridine rings is 1. The topological polar surface area (TPSA) is 73.8 Å². The standard InChI is InChI=1S/C14H11ClN4O2/c1-8-12(21-9(2)17-8)11-5-7-19(18-11)14(20)10-4-3-6-16-13(10)15/h3-7H,1-2H3. The molecule has 7 heteroatoms. The zero-order chi connectivity index (χ0) is 15.0. The van der Waals surface area contributed by atoms with E-state index in [0.717, 1.165) is 5.69 Å². The molecule has 3 rings (SSSR count). The molecule has 0 aromatic carbocycles. The van der Waals surface area contributed by atoms with E-state index in [1.807, 2.05) is 6.92 Å². The third kappa shape index (κ3) is 2.45. The van der Waals surface area contributed by atoms with Crippen molar-refractivity contribution in [2.45, 2.75) is 13.8 Å². The molecule has 0 spiro atoms. The number of aryl methyl sites for hydroxylation is 2.